The topological polar surface area (TPSA) is 534 Å². The zero-order valence-electron chi connectivity index (χ0n) is 71.8. The number of rotatable bonds is 29. The molecule has 0 unspecified atom stereocenters. The largest absolute Gasteiger partial charge is 0.508 e. The van der Waals surface area contributed by atoms with Crippen LogP contribution in [-0.2, 0) is 80.0 Å². The number of phenols is 2. The lowest BCUT2D eigenvalue weighted by atomic mass is 9.98. The van der Waals surface area contributed by atoms with Crippen molar-refractivity contribution in [1.82, 2.24) is 73.6 Å². The normalized spacial score (nSPS) is 25.5. The third-order valence-electron chi connectivity index (χ3n) is 21.4. The lowest BCUT2D eigenvalue weighted by molar-refractivity contribution is -0.143. The molecule has 2 aromatic carbocycles. The van der Waals surface area contributed by atoms with Gasteiger partial charge in [0.15, 0.2) is 0 Å². The molecule has 5 rings (SSSR count). The molecule has 119 heavy (non-hydrogen) atoms. The zero-order valence-corrected chi connectivity index (χ0v) is 71.8. The number of nitrogens with one attached hydrogen (secondary N) is 12. The van der Waals surface area contributed by atoms with Crippen LogP contribution in [0.25, 0.3) is 0 Å². The molecule has 0 saturated carbocycles. The first kappa shape index (κ1) is 99.8. The van der Waals surface area contributed by atoms with Gasteiger partial charge in [0.25, 0.3) is 0 Å². The van der Waals surface area contributed by atoms with Crippen molar-refractivity contribution >= 4 is 82.7 Å². The highest BCUT2D eigenvalue weighted by Crippen LogP contribution is 2.25. The molecule has 0 aromatic heterocycles. The van der Waals surface area contributed by atoms with Gasteiger partial charge in [0, 0.05) is 25.9 Å². The van der Waals surface area contributed by atoms with Crippen molar-refractivity contribution in [2.75, 3.05) is 39.3 Å². The Labute approximate surface area is 701 Å². The molecule has 664 valence electrons. The smallest absolute Gasteiger partial charge is 0.247 e. The number of hydrogen-bond donors (Lipinski definition) is 18. The summed E-state index contributed by atoms with van der Waals surface area (Å²) in [5.74, 6) is -13.7. The van der Waals surface area contributed by atoms with Gasteiger partial charge in [0.05, 0.1) is 0 Å². The van der Waals surface area contributed by atoms with Gasteiger partial charge in [0.1, 0.15) is 96.1 Å². The summed E-state index contributed by atoms with van der Waals surface area (Å²) in [6.07, 6.45) is 6.34. The van der Waals surface area contributed by atoms with Crippen molar-refractivity contribution in [2.45, 2.75) is 290 Å². The second-order valence-electron chi connectivity index (χ2n) is 34.1. The summed E-state index contributed by atoms with van der Waals surface area (Å²) in [5.41, 5.74) is 24.7. The summed E-state index contributed by atoms with van der Waals surface area (Å²) in [6, 6.07) is -6.92. The van der Waals surface area contributed by atoms with Crippen LogP contribution in [0.1, 0.15) is 203 Å². The minimum Gasteiger partial charge on any atom is -0.508 e. The highest BCUT2D eigenvalue weighted by Gasteiger charge is 2.44. The Morgan fingerprint density at radius 2 is 0.613 bits per heavy atom. The molecule has 34 heteroatoms. The number of benzene rings is 2. The van der Waals surface area contributed by atoms with Crippen LogP contribution in [0.4, 0.5) is 0 Å². The third-order valence-corrected chi connectivity index (χ3v) is 21.4. The van der Waals surface area contributed by atoms with Gasteiger partial charge >= 0.3 is 0 Å². The Bertz CT molecular complexity index is 3710. The zero-order chi connectivity index (χ0) is 88.3. The maximum absolute atomic E-state index is 15.3. The number of nitrogens with zero attached hydrogens (tertiary/aromatic N) is 2. The van der Waals surface area contributed by atoms with E-state index in [1.807, 2.05) is 41.5 Å². The number of carbonyl (C=O) groups is 14. The number of phenolic OH excluding ortho intramolecular Hbond substituents is 2. The van der Waals surface area contributed by atoms with Crippen LogP contribution >= 0.6 is 0 Å². The van der Waals surface area contributed by atoms with Crippen LogP contribution in [0, 0.1) is 35.5 Å². The van der Waals surface area contributed by atoms with E-state index in [9.17, 15) is 63.0 Å². The molecule has 0 radical (unpaired) electrons. The van der Waals surface area contributed by atoms with Gasteiger partial charge in [0.2, 0.25) is 82.7 Å². The molecule has 0 spiro atoms. The summed E-state index contributed by atoms with van der Waals surface area (Å²) in [6.45, 7) is 21.7. The van der Waals surface area contributed by atoms with E-state index in [0.29, 0.717) is 68.9 Å². The molecule has 3 heterocycles. The Hall–Kier alpha value is -9.80. The van der Waals surface area contributed by atoms with Crippen LogP contribution < -0.4 is 86.7 Å². The molecule has 0 bridgehead atoms. The van der Waals surface area contributed by atoms with Gasteiger partial charge in [-0.3, -0.25) is 67.1 Å². The molecule has 0 aliphatic carbocycles. The lowest BCUT2D eigenvalue weighted by Gasteiger charge is -2.32. The molecular weight excluding hydrogens is 1530 g/mol. The number of fused-ring (bicyclic) bond motifs is 2. The summed E-state index contributed by atoms with van der Waals surface area (Å²) >= 11 is 0. The van der Waals surface area contributed by atoms with Crippen LogP contribution in [0.3, 0.4) is 0 Å². The van der Waals surface area contributed by atoms with E-state index in [1.54, 1.807) is 71.9 Å². The maximum Gasteiger partial charge on any atom is 0.247 e. The molecular formula is C85H138N18O16. The van der Waals surface area contributed by atoms with Crippen molar-refractivity contribution in [3.63, 3.8) is 0 Å². The van der Waals surface area contributed by atoms with Crippen LogP contribution in [0.15, 0.2) is 60.7 Å². The number of aromatic hydroxyl groups is 2. The Morgan fingerprint density at radius 3 is 0.941 bits per heavy atom. The summed E-state index contributed by atoms with van der Waals surface area (Å²) in [4.78, 5) is 212. The van der Waals surface area contributed by atoms with Gasteiger partial charge in [-0.2, -0.15) is 0 Å². The molecule has 34 nitrogen and oxygen atoms in total. The fourth-order valence-electron chi connectivity index (χ4n) is 14.7. The molecule has 2 aromatic rings. The van der Waals surface area contributed by atoms with Gasteiger partial charge in [-0.25, -0.2) is 0 Å². The predicted molar refractivity (Wildman–Crippen MR) is 451 cm³/mol. The first-order valence-corrected chi connectivity index (χ1v) is 42.7. The Balaban J connectivity index is 1.65. The van der Waals surface area contributed by atoms with Gasteiger partial charge in [-0.05, 0) is 206 Å². The monoisotopic (exact) mass is 1670 g/mol. The highest BCUT2D eigenvalue weighted by molar-refractivity contribution is 6.01. The van der Waals surface area contributed by atoms with E-state index in [0.717, 1.165) is 0 Å². The molecule has 14 amide bonds. The van der Waals surface area contributed by atoms with Gasteiger partial charge in [-0.15, -0.1) is 0 Å². The molecule has 2 saturated heterocycles. The number of unbranched alkanes of at least 4 members (excludes halogenated alkanes) is 4. The van der Waals surface area contributed by atoms with Crippen LogP contribution in [0.2, 0.25) is 0 Å². The minimum absolute atomic E-state index is 0.0147. The molecule has 2 fully saturated rings. The number of hydrogen-bond acceptors (Lipinski definition) is 20. The van der Waals surface area contributed by atoms with Crippen molar-refractivity contribution in [3.05, 3.63) is 71.8 Å². The van der Waals surface area contributed by atoms with Crippen molar-refractivity contribution in [1.29, 1.82) is 0 Å². The quantitative estimate of drug-likeness (QED) is 0.0400. The van der Waals surface area contributed by atoms with Crippen LogP contribution in [-0.4, -0.2) is 227 Å². The second-order valence-corrected chi connectivity index (χ2v) is 34.1. The van der Waals surface area contributed by atoms with Gasteiger partial charge in [-0.1, -0.05) is 120 Å². The molecule has 22 N–H and O–H groups in total. The van der Waals surface area contributed by atoms with E-state index in [2.05, 4.69) is 63.8 Å². The fourth-order valence-corrected chi connectivity index (χ4v) is 14.7. The van der Waals surface area contributed by atoms with Crippen LogP contribution in [0.5, 0.6) is 11.5 Å². The Morgan fingerprint density at radius 1 is 0.336 bits per heavy atom. The van der Waals surface area contributed by atoms with Crippen molar-refractivity contribution in [2.24, 2.45) is 58.4 Å². The van der Waals surface area contributed by atoms with Crippen molar-refractivity contribution < 1.29 is 77.3 Å². The highest BCUT2D eigenvalue weighted by atomic mass is 16.3. The summed E-state index contributed by atoms with van der Waals surface area (Å²) in [5, 5.41) is 54.5. The summed E-state index contributed by atoms with van der Waals surface area (Å²) < 4.78 is 0. The number of carbonyl (C=O) groups excluding carboxylic acids is 14. The second kappa shape index (κ2) is 50.3. The number of amides is 14. The first-order chi connectivity index (χ1) is 56.4. The fraction of sp³-hybridized carbons (Fsp3) is 0.671. The van der Waals surface area contributed by atoms with Gasteiger partial charge < -0.3 is 107 Å². The number of nitrogens with two attached hydrogens (primary N) is 4. The lowest BCUT2D eigenvalue weighted by Crippen LogP contribution is -2.62. The molecule has 3 aliphatic heterocycles. The molecule has 14 atom stereocenters. The van der Waals surface area contributed by atoms with E-state index in [-0.39, 0.29) is 133 Å². The van der Waals surface area contributed by atoms with E-state index in [1.165, 1.54) is 40.1 Å². The van der Waals surface area contributed by atoms with E-state index < -0.39 is 185 Å². The average molecular weight is 1670 g/mol. The predicted octanol–water partition coefficient (Wildman–Crippen LogP) is 1.09. The molecule has 3 aliphatic rings. The SMILES string of the molecule is CC(C)C[C@@H]1NC(=O)[C@H](CCCCN)NC(=O)[C@H](C(C)C)NC(=O)[C@@H]2CCCN2C(=O)[C@@H](Cc2ccc(O)cc2)NC(=O)[C@H](CC(C)C)NC(=O)[C@H](CCCCN)NC(=O)[C@H](C(C)C)NC(=O)[C@H](CCCCN)NC(=O)[C@H](CC(C)C)NC(=O)[C@@H]2C=CCN2C(=O)[C@@H](Cc2ccc(O)cc2)NC(=O)[C@H](C(C)C)NC(=O)[C@H](CCCCN)NC1=O. The van der Waals surface area contributed by atoms with E-state index in [4.69, 9.17) is 22.9 Å². The maximum atomic E-state index is 15.3. The first-order valence-electron chi connectivity index (χ1n) is 42.7. The average Bonchev–Trinajstić information content (AvgIpc) is 1.74. The third kappa shape index (κ3) is 32.4. The van der Waals surface area contributed by atoms with E-state index >= 15 is 14.4 Å². The van der Waals surface area contributed by atoms with Crippen molar-refractivity contribution in [3.8, 4) is 11.5 Å². The Kier molecular flexibility index (Phi) is 42.2. The minimum atomic E-state index is -1.44. The summed E-state index contributed by atoms with van der Waals surface area (Å²) in [7, 11) is 0. The standard InChI is InChI=1S/C85H138N18O16/c1-48(2)43-62-76(110)90-60(25-15-19-39-88)75(109)100-70(52(9)10)83(117)98-66(47-55-31-35-57(105)36-32-55)85(119)102-41-21-27-67(102)79(113)96-64(45-50(5)6)77(111)91-61(26-16-20-40-89)74(108)99-69(51(7)8)81(115)92-58(23-13-17-37-86)73(107)95-63(44-49(3)4)78(112)97-65(46-54-29-33-56(104)34-30-54)84(118)103-42-22-28-68(103)80(114)101-71(53(11)12)82(116)93-59(72(106)94-62)24-14-18-38-87/h21,27,29-36,48-53,58-71,104-105H,13-20,22-26,28,37-47,86-89H2,1-12H3,(H,90,110)(H,91,111)(H,92,115)(H,93,116)(H,94,106)(H,95,107)(H,96,113)(H,97,112)(H,98,117)(H,99,108)(H,100,109)(H,101,114)/t58-,59-,60-,61-,62-,63-,64-,65+,66+,67-,68-,69-,70-,71-/m0/s1.